The van der Waals surface area contributed by atoms with Crippen molar-refractivity contribution < 1.29 is 32.2 Å². The van der Waals surface area contributed by atoms with Crippen molar-refractivity contribution in [1.29, 1.82) is 0 Å². The highest BCUT2D eigenvalue weighted by molar-refractivity contribution is 6.38. The number of nitrogens with zero attached hydrogens (tertiary/aromatic N) is 3. The number of H-pyrrole nitrogens is 1. The number of alkyl halides is 3. The minimum absolute atomic E-state index is 0.0688. The summed E-state index contributed by atoms with van der Waals surface area (Å²) in [6.07, 6.45) is -3.59. The number of carbonyl (C=O) groups is 2. The number of aromatic nitrogens is 3. The standard InChI is InChI=1S/C22H13F3N4O4/c1-32-13-6-2-11(3-7-13)18-17-16-15(10-26-19(17)28-27-18)20(30)29(21(16)31)12-4-8-14(9-5-12)33-22(23,24)25/h2-10H,1H3,(H,26,27,28). The first-order valence-electron chi connectivity index (χ1n) is 9.53. The lowest BCUT2D eigenvalue weighted by Gasteiger charge is -2.15. The summed E-state index contributed by atoms with van der Waals surface area (Å²) in [7, 11) is 1.54. The van der Waals surface area contributed by atoms with Gasteiger partial charge in [-0.15, -0.1) is 13.2 Å². The smallest absolute Gasteiger partial charge is 0.497 e. The lowest BCUT2D eigenvalue weighted by Crippen LogP contribution is -2.29. The summed E-state index contributed by atoms with van der Waals surface area (Å²) in [6.45, 7) is 0. The topological polar surface area (TPSA) is 97.4 Å². The van der Waals surface area contributed by atoms with E-state index in [0.717, 1.165) is 17.0 Å². The van der Waals surface area contributed by atoms with Gasteiger partial charge < -0.3 is 9.47 Å². The molecule has 0 radical (unpaired) electrons. The van der Waals surface area contributed by atoms with Crippen LogP contribution >= 0.6 is 0 Å². The van der Waals surface area contributed by atoms with Crippen LogP contribution in [-0.2, 0) is 0 Å². The van der Waals surface area contributed by atoms with Gasteiger partial charge in [-0.25, -0.2) is 9.88 Å². The van der Waals surface area contributed by atoms with Crippen LogP contribution in [0.15, 0.2) is 54.7 Å². The number of carbonyl (C=O) groups excluding carboxylic acids is 2. The largest absolute Gasteiger partial charge is 0.573 e. The Morgan fingerprint density at radius 3 is 2.24 bits per heavy atom. The molecule has 0 bridgehead atoms. The van der Waals surface area contributed by atoms with Crippen LogP contribution in [0.1, 0.15) is 20.7 Å². The molecule has 3 heterocycles. The van der Waals surface area contributed by atoms with Crippen molar-refractivity contribution in [2.45, 2.75) is 6.36 Å². The number of amides is 2. The summed E-state index contributed by atoms with van der Waals surface area (Å²) in [4.78, 5) is 31.4. The maximum absolute atomic E-state index is 13.3. The zero-order valence-electron chi connectivity index (χ0n) is 16.8. The molecule has 0 atom stereocenters. The highest BCUT2D eigenvalue weighted by Crippen LogP contribution is 2.37. The van der Waals surface area contributed by atoms with Gasteiger partial charge in [0.05, 0.1) is 35.0 Å². The van der Waals surface area contributed by atoms with Crippen LogP contribution in [0.3, 0.4) is 0 Å². The molecular weight excluding hydrogens is 441 g/mol. The van der Waals surface area contributed by atoms with Gasteiger partial charge in [-0.05, 0) is 48.5 Å². The lowest BCUT2D eigenvalue weighted by molar-refractivity contribution is -0.274. The number of rotatable bonds is 4. The number of benzene rings is 2. The highest BCUT2D eigenvalue weighted by atomic mass is 19.4. The fourth-order valence-corrected chi connectivity index (χ4v) is 3.69. The molecule has 1 aliphatic rings. The number of hydrogen-bond donors (Lipinski definition) is 1. The van der Waals surface area contributed by atoms with Crippen LogP contribution in [0.5, 0.6) is 11.5 Å². The van der Waals surface area contributed by atoms with Crippen LogP contribution in [-0.4, -0.2) is 40.5 Å². The Hall–Kier alpha value is -4.41. The molecule has 2 aromatic carbocycles. The van der Waals surface area contributed by atoms with Gasteiger partial charge >= 0.3 is 6.36 Å². The number of imide groups is 1. The molecule has 0 fully saturated rings. The first kappa shape index (κ1) is 20.5. The second-order valence-corrected chi connectivity index (χ2v) is 7.06. The molecule has 1 N–H and O–H groups in total. The van der Waals surface area contributed by atoms with Crippen molar-refractivity contribution in [3.05, 3.63) is 65.9 Å². The van der Waals surface area contributed by atoms with Crippen LogP contribution in [0.25, 0.3) is 22.3 Å². The zero-order valence-corrected chi connectivity index (χ0v) is 16.8. The Bertz CT molecular complexity index is 1400. The Morgan fingerprint density at radius 1 is 0.939 bits per heavy atom. The van der Waals surface area contributed by atoms with E-state index in [9.17, 15) is 22.8 Å². The van der Waals surface area contributed by atoms with Gasteiger partial charge in [-0.1, -0.05) is 0 Å². The molecule has 0 spiro atoms. The van der Waals surface area contributed by atoms with Gasteiger partial charge in [0.2, 0.25) is 0 Å². The Morgan fingerprint density at radius 2 is 1.61 bits per heavy atom. The van der Waals surface area contributed by atoms with E-state index in [0.29, 0.717) is 22.4 Å². The normalized spacial score (nSPS) is 13.5. The number of halogens is 3. The Balaban J connectivity index is 1.57. The SMILES string of the molecule is COc1ccc(-c2[nH]nc3ncc4c(c23)C(=O)N(c2ccc(OC(F)(F)F)cc2)C4=O)cc1. The molecule has 166 valence electrons. The molecule has 11 heteroatoms. The van der Waals surface area contributed by atoms with Gasteiger partial charge in [0.25, 0.3) is 11.8 Å². The monoisotopic (exact) mass is 454 g/mol. The van der Waals surface area contributed by atoms with Crippen molar-refractivity contribution in [1.82, 2.24) is 15.2 Å². The second-order valence-electron chi connectivity index (χ2n) is 7.06. The molecule has 4 aromatic rings. The van der Waals surface area contributed by atoms with Gasteiger partial charge in [0.15, 0.2) is 5.65 Å². The quantitative estimate of drug-likeness (QED) is 0.461. The van der Waals surface area contributed by atoms with Gasteiger partial charge in [0, 0.05) is 11.8 Å². The van der Waals surface area contributed by atoms with E-state index in [2.05, 4.69) is 19.9 Å². The molecule has 2 aromatic heterocycles. The maximum atomic E-state index is 13.3. The fourth-order valence-electron chi connectivity index (χ4n) is 3.69. The zero-order chi connectivity index (χ0) is 23.3. The summed E-state index contributed by atoms with van der Waals surface area (Å²) >= 11 is 0. The lowest BCUT2D eigenvalue weighted by atomic mass is 10.0. The molecule has 0 unspecified atom stereocenters. The van der Waals surface area contributed by atoms with Crippen LogP contribution in [0.4, 0.5) is 18.9 Å². The van der Waals surface area contributed by atoms with E-state index < -0.39 is 23.9 Å². The van der Waals surface area contributed by atoms with E-state index >= 15 is 0 Å². The minimum Gasteiger partial charge on any atom is -0.497 e. The summed E-state index contributed by atoms with van der Waals surface area (Å²) in [5, 5.41) is 7.37. The van der Waals surface area contributed by atoms with Crippen molar-refractivity contribution in [2.75, 3.05) is 12.0 Å². The van der Waals surface area contributed by atoms with E-state index in [1.807, 2.05) is 0 Å². The molecule has 5 rings (SSSR count). The average Bonchev–Trinajstić information content (AvgIpc) is 3.32. The number of anilines is 1. The number of aromatic amines is 1. The van der Waals surface area contributed by atoms with Crippen LogP contribution in [0.2, 0.25) is 0 Å². The first-order valence-corrected chi connectivity index (χ1v) is 9.53. The second kappa shape index (κ2) is 7.33. The van der Waals surface area contributed by atoms with Gasteiger partial charge in [-0.3, -0.25) is 14.7 Å². The number of methoxy groups -OCH3 is 1. The molecule has 0 saturated heterocycles. The van der Waals surface area contributed by atoms with E-state index in [-0.39, 0.29) is 22.5 Å². The van der Waals surface area contributed by atoms with E-state index in [1.54, 1.807) is 24.3 Å². The third-order valence-electron chi connectivity index (χ3n) is 5.14. The van der Waals surface area contributed by atoms with Gasteiger partial charge in [0.1, 0.15) is 11.5 Å². The first-order chi connectivity index (χ1) is 15.8. The molecule has 8 nitrogen and oxygen atoms in total. The summed E-state index contributed by atoms with van der Waals surface area (Å²) < 4.78 is 46.3. The van der Waals surface area contributed by atoms with Crippen LogP contribution < -0.4 is 14.4 Å². The fraction of sp³-hybridized carbons (Fsp3) is 0.0909. The highest BCUT2D eigenvalue weighted by Gasteiger charge is 2.40. The molecule has 33 heavy (non-hydrogen) atoms. The Labute approximate surface area is 183 Å². The van der Waals surface area contributed by atoms with Crippen LogP contribution in [0, 0.1) is 0 Å². The van der Waals surface area contributed by atoms with Crippen molar-refractivity contribution in [2.24, 2.45) is 0 Å². The number of fused-ring (bicyclic) bond motifs is 3. The molecule has 2 amide bonds. The third kappa shape index (κ3) is 3.43. The summed E-state index contributed by atoms with van der Waals surface area (Å²) in [5.41, 5.74) is 1.71. The maximum Gasteiger partial charge on any atom is 0.573 e. The summed E-state index contributed by atoms with van der Waals surface area (Å²) in [6, 6.07) is 11.5. The van der Waals surface area contributed by atoms with Crippen molar-refractivity contribution >= 4 is 28.5 Å². The van der Waals surface area contributed by atoms with Gasteiger partial charge in [-0.2, -0.15) is 5.10 Å². The van der Waals surface area contributed by atoms with Crippen molar-refractivity contribution in [3.8, 4) is 22.8 Å². The molecular formula is C22H13F3N4O4. The van der Waals surface area contributed by atoms with E-state index in [4.69, 9.17) is 4.74 Å². The Kier molecular flexibility index (Phi) is 4.55. The van der Waals surface area contributed by atoms with Crippen molar-refractivity contribution in [3.63, 3.8) is 0 Å². The minimum atomic E-state index is -4.85. The average molecular weight is 454 g/mol. The number of nitrogens with one attached hydrogen (secondary N) is 1. The predicted octanol–water partition coefficient (Wildman–Crippen LogP) is 4.33. The van der Waals surface area contributed by atoms with E-state index in [1.165, 1.54) is 25.4 Å². The molecule has 0 saturated carbocycles. The number of hydrogen-bond acceptors (Lipinski definition) is 6. The number of ether oxygens (including phenoxy) is 2. The summed E-state index contributed by atoms with van der Waals surface area (Å²) in [5.74, 6) is -1.11. The predicted molar refractivity (Wildman–Crippen MR) is 110 cm³/mol. The number of pyridine rings is 1. The molecule has 0 aliphatic carbocycles. The molecule has 1 aliphatic heterocycles. The third-order valence-corrected chi connectivity index (χ3v) is 5.14.